The number of hydrogen-bond acceptors (Lipinski definition) is 4. The van der Waals surface area contributed by atoms with Crippen LogP contribution in [0.1, 0.15) is 0 Å². The maximum atomic E-state index is 5.51. The first kappa shape index (κ1) is 12.1. The van der Waals surface area contributed by atoms with Crippen molar-refractivity contribution < 1.29 is 0 Å². The van der Waals surface area contributed by atoms with Gasteiger partial charge in [0.2, 0.25) is 0 Å². The Morgan fingerprint density at radius 2 is 2.00 bits per heavy atom. The lowest BCUT2D eigenvalue weighted by atomic mass is 10.1. The number of hydrogen-bond donors (Lipinski definition) is 1. The van der Waals surface area contributed by atoms with Crippen LogP contribution in [0.15, 0.2) is 47.7 Å². The van der Waals surface area contributed by atoms with Gasteiger partial charge < -0.3 is 5.73 Å². The fourth-order valence-corrected chi connectivity index (χ4v) is 1.59. The van der Waals surface area contributed by atoms with Gasteiger partial charge in [-0.1, -0.05) is 30.3 Å². The maximum Gasteiger partial charge on any atom is 0.253 e. The van der Waals surface area contributed by atoms with Crippen LogP contribution in [0.3, 0.4) is 0 Å². The molecule has 1 heterocycles. The van der Waals surface area contributed by atoms with Gasteiger partial charge in [0.05, 0.1) is 5.69 Å². The summed E-state index contributed by atoms with van der Waals surface area (Å²) in [6.07, 6.45) is 1.63. The summed E-state index contributed by atoms with van der Waals surface area (Å²) in [5, 5.41) is 4.95. The van der Waals surface area contributed by atoms with Crippen LogP contribution in [0.5, 0.6) is 0 Å². The summed E-state index contributed by atoms with van der Waals surface area (Å²) in [5.74, 6) is 0.304. The summed E-state index contributed by atoms with van der Waals surface area (Å²) in [6.45, 7) is 3.39. The van der Waals surface area contributed by atoms with E-state index in [2.05, 4.69) is 21.8 Å². The third-order valence-electron chi connectivity index (χ3n) is 2.25. The van der Waals surface area contributed by atoms with E-state index in [1.54, 1.807) is 12.3 Å². The van der Waals surface area contributed by atoms with Gasteiger partial charge in [-0.3, -0.25) is 0 Å². The van der Waals surface area contributed by atoms with Crippen molar-refractivity contribution in [2.75, 3.05) is 5.01 Å². The Morgan fingerprint density at radius 1 is 1.28 bits per heavy atom. The van der Waals surface area contributed by atoms with Crippen LogP contribution in [-0.4, -0.2) is 21.8 Å². The van der Waals surface area contributed by atoms with E-state index >= 15 is 0 Å². The number of hydrazone groups is 1. The highest BCUT2D eigenvalue weighted by molar-refractivity contribution is 7.80. The van der Waals surface area contributed by atoms with E-state index in [0.717, 1.165) is 11.3 Å². The van der Waals surface area contributed by atoms with Crippen LogP contribution in [0, 0.1) is 0 Å². The fraction of sp³-hybridized carbons (Fsp3) is 0. The molecule has 2 aromatic rings. The summed E-state index contributed by atoms with van der Waals surface area (Å²) in [6, 6.07) is 11.5. The molecular formula is C12H11N5S. The van der Waals surface area contributed by atoms with E-state index < -0.39 is 0 Å². The minimum Gasteiger partial charge on any atom is -0.374 e. The quantitative estimate of drug-likeness (QED) is 0.516. The second kappa shape index (κ2) is 5.33. The number of anilines is 1. The zero-order chi connectivity index (χ0) is 13.0. The van der Waals surface area contributed by atoms with Crippen molar-refractivity contribution in [1.29, 1.82) is 0 Å². The zero-order valence-electron chi connectivity index (χ0n) is 9.52. The molecule has 0 atom stereocenters. The van der Waals surface area contributed by atoms with Crippen molar-refractivity contribution in [2.24, 2.45) is 10.8 Å². The van der Waals surface area contributed by atoms with E-state index in [1.807, 2.05) is 30.3 Å². The van der Waals surface area contributed by atoms with Crippen molar-refractivity contribution in [3.05, 3.63) is 42.6 Å². The second-order valence-corrected chi connectivity index (χ2v) is 3.82. The Bertz CT molecular complexity index is 570. The third-order valence-corrected chi connectivity index (χ3v) is 2.42. The van der Waals surface area contributed by atoms with Crippen molar-refractivity contribution >= 4 is 30.0 Å². The highest BCUT2D eigenvalue weighted by Gasteiger charge is 2.11. The van der Waals surface area contributed by atoms with E-state index in [4.69, 9.17) is 18.0 Å². The van der Waals surface area contributed by atoms with Crippen molar-refractivity contribution in [1.82, 2.24) is 9.97 Å². The monoisotopic (exact) mass is 257 g/mol. The molecule has 0 aliphatic rings. The fourth-order valence-electron chi connectivity index (χ4n) is 1.45. The van der Waals surface area contributed by atoms with Crippen molar-refractivity contribution in [2.45, 2.75) is 0 Å². The standard InChI is InChI=1S/C12H11N5S/c1-14-17(11(13)18)12-15-8-7-10(16-12)9-5-3-2-4-6-9/h2-8H,1H2,(H2,13,18). The van der Waals surface area contributed by atoms with Gasteiger partial charge >= 0.3 is 0 Å². The lowest BCUT2D eigenvalue weighted by Crippen LogP contribution is -2.31. The summed E-state index contributed by atoms with van der Waals surface area (Å²) in [4.78, 5) is 8.42. The average molecular weight is 257 g/mol. The molecule has 0 aliphatic carbocycles. The molecule has 6 heteroatoms. The van der Waals surface area contributed by atoms with Gasteiger partial charge in [-0.05, 0) is 18.3 Å². The molecule has 5 nitrogen and oxygen atoms in total. The molecule has 2 rings (SSSR count). The Balaban J connectivity index is 2.42. The molecule has 0 aliphatic heterocycles. The second-order valence-electron chi connectivity index (χ2n) is 3.40. The van der Waals surface area contributed by atoms with E-state index in [0.29, 0.717) is 5.95 Å². The lowest BCUT2D eigenvalue weighted by Gasteiger charge is -2.14. The van der Waals surface area contributed by atoms with E-state index in [-0.39, 0.29) is 5.11 Å². The molecule has 1 aromatic heterocycles. The number of thiocarbonyl (C=S) groups is 1. The number of benzene rings is 1. The van der Waals surface area contributed by atoms with Crippen LogP contribution < -0.4 is 10.7 Å². The van der Waals surface area contributed by atoms with Crippen LogP contribution >= 0.6 is 12.2 Å². The topological polar surface area (TPSA) is 67.4 Å². The Kier molecular flexibility index (Phi) is 3.59. The predicted octanol–water partition coefficient (Wildman–Crippen LogP) is 1.81. The molecule has 0 amide bonds. The molecule has 0 spiro atoms. The minimum absolute atomic E-state index is 0.0511. The van der Waals surface area contributed by atoms with Gasteiger partial charge in [0.1, 0.15) is 0 Å². The third kappa shape index (κ3) is 2.49. The number of nitrogens with two attached hydrogens (primary N) is 1. The first-order chi connectivity index (χ1) is 8.72. The molecule has 0 radical (unpaired) electrons. The molecule has 0 bridgehead atoms. The molecule has 0 saturated heterocycles. The van der Waals surface area contributed by atoms with Gasteiger partial charge in [0.15, 0.2) is 5.11 Å². The summed E-state index contributed by atoms with van der Waals surface area (Å²) >= 11 is 4.85. The smallest absolute Gasteiger partial charge is 0.253 e. The minimum atomic E-state index is 0.0511. The first-order valence-electron chi connectivity index (χ1n) is 5.17. The molecule has 2 N–H and O–H groups in total. The van der Waals surface area contributed by atoms with Crippen LogP contribution in [-0.2, 0) is 0 Å². The molecule has 0 saturated carbocycles. The van der Waals surface area contributed by atoms with Crippen LogP contribution in [0.2, 0.25) is 0 Å². The number of rotatable bonds is 3. The zero-order valence-corrected chi connectivity index (χ0v) is 10.3. The van der Waals surface area contributed by atoms with Crippen LogP contribution in [0.4, 0.5) is 5.95 Å². The number of aromatic nitrogens is 2. The molecule has 0 unspecified atom stereocenters. The lowest BCUT2D eigenvalue weighted by molar-refractivity contribution is 1.02. The summed E-state index contributed by atoms with van der Waals surface area (Å²) in [5.41, 5.74) is 7.26. The maximum absolute atomic E-state index is 5.51. The van der Waals surface area contributed by atoms with Gasteiger partial charge in [-0.25, -0.2) is 9.97 Å². The Hall–Kier alpha value is -2.34. The first-order valence-corrected chi connectivity index (χ1v) is 5.58. The molecule has 0 fully saturated rings. The van der Waals surface area contributed by atoms with E-state index in [9.17, 15) is 0 Å². The highest BCUT2D eigenvalue weighted by Crippen LogP contribution is 2.18. The molecule has 18 heavy (non-hydrogen) atoms. The summed E-state index contributed by atoms with van der Waals surface area (Å²) in [7, 11) is 0. The highest BCUT2D eigenvalue weighted by atomic mass is 32.1. The Labute approximate surface area is 110 Å². The largest absolute Gasteiger partial charge is 0.374 e. The van der Waals surface area contributed by atoms with Crippen molar-refractivity contribution in [3.8, 4) is 11.3 Å². The SMILES string of the molecule is C=NN(C(N)=S)c1nccc(-c2ccccc2)n1. The predicted molar refractivity (Wildman–Crippen MR) is 76.3 cm³/mol. The molecule has 90 valence electrons. The normalized spacial score (nSPS) is 9.78. The number of nitrogens with zero attached hydrogens (tertiary/aromatic N) is 4. The van der Waals surface area contributed by atoms with E-state index in [1.165, 1.54) is 5.01 Å². The van der Waals surface area contributed by atoms with Gasteiger partial charge in [0.25, 0.3) is 5.95 Å². The molecule has 1 aromatic carbocycles. The van der Waals surface area contributed by atoms with Gasteiger partial charge in [-0.15, -0.1) is 0 Å². The van der Waals surface area contributed by atoms with Gasteiger partial charge in [0, 0.05) is 18.5 Å². The van der Waals surface area contributed by atoms with Crippen molar-refractivity contribution in [3.63, 3.8) is 0 Å². The van der Waals surface area contributed by atoms with Crippen LogP contribution in [0.25, 0.3) is 11.3 Å². The van der Waals surface area contributed by atoms with Gasteiger partial charge in [-0.2, -0.15) is 10.1 Å². The summed E-state index contributed by atoms with van der Waals surface area (Å²) < 4.78 is 0. The Morgan fingerprint density at radius 3 is 2.61 bits per heavy atom. The average Bonchev–Trinajstić information content (AvgIpc) is 2.40. The molecular weight excluding hydrogens is 246 g/mol.